The molecular formula is C22H19NO3. The van der Waals surface area contributed by atoms with Gasteiger partial charge in [0.25, 0.3) is 5.91 Å². The summed E-state index contributed by atoms with van der Waals surface area (Å²) in [6.45, 7) is 0. The fourth-order valence-electron chi connectivity index (χ4n) is 3.12. The van der Waals surface area contributed by atoms with Gasteiger partial charge in [-0.15, -0.1) is 0 Å². The van der Waals surface area contributed by atoms with E-state index in [1.807, 2.05) is 84.9 Å². The van der Waals surface area contributed by atoms with E-state index in [1.54, 1.807) is 12.0 Å². The minimum Gasteiger partial charge on any atom is -0.496 e. The lowest BCUT2D eigenvalue weighted by Crippen LogP contribution is -2.30. The largest absolute Gasteiger partial charge is 0.496 e. The monoisotopic (exact) mass is 345 g/mol. The maximum atomic E-state index is 13.2. The van der Waals surface area contributed by atoms with Crippen molar-refractivity contribution in [1.29, 1.82) is 0 Å². The number of rotatable bonds is 5. The Morgan fingerprint density at radius 2 is 1.38 bits per heavy atom. The Hall–Kier alpha value is -3.11. The van der Waals surface area contributed by atoms with Crippen molar-refractivity contribution in [2.75, 3.05) is 12.0 Å². The number of methoxy groups -OCH3 is 1. The summed E-state index contributed by atoms with van der Waals surface area (Å²) in [5.41, 5.74) is 2.53. The maximum Gasteiger partial charge on any atom is 0.263 e. The summed E-state index contributed by atoms with van der Waals surface area (Å²) in [7, 11) is 1.62. The standard InChI is InChI=1S/C22H19NO3/c1-25-19-15-9-8-14-18(19)20-21(26-20)22(24)23(16-10-4-2-5-11-16)17-12-6-3-7-13-17/h2-15,20-21H,1H3/t20-,21-/m1/s1. The van der Waals surface area contributed by atoms with Crippen molar-refractivity contribution in [1.82, 2.24) is 0 Å². The highest BCUT2D eigenvalue weighted by atomic mass is 16.6. The number of hydrogen-bond donors (Lipinski definition) is 0. The van der Waals surface area contributed by atoms with Crippen molar-refractivity contribution in [3.63, 3.8) is 0 Å². The Labute approximate surface area is 152 Å². The average Bonchev–Trinajstić information content (AvgIpc) is 3.50. The summed E-state index contributed by atoms with van der Waals surface area (Å²) in [4.78, 5) is 15.0. The molecule has 3 aromatic carbocycles. The van der Waals surface area contributed by atoms with E-state index in [1.165, 1.54) is 0 Å². The van der Waals surface area contributed by atoms with Crippen LogP contribution in [0, 0.1) is 0 Å². The minimum atomic E-state index is -0.522. The van der Waals surface area contributed by atoms with E-state index in [-0.39, 0.29) is 12.0 Å². The predicted octanol–water partition coefficient (Wildman–Crippen LogP) is 4.50. The van der Waals surface area contributed by atoms with E-state index in [9.17, 15) is 4.79 Å². The quantitative estimate of drug-likeness (QED) is 0.639. The number of benzene rings is 3. The fourth-order valence-corrected chi connectivity index (χ4v) is 3.12. The van der Waals surface area contributed by atoms with Crippen LogP contribution in [0.1, 0.15) is 11.7 Å². The molecule has 1 saturated heterocycles. The zero-order chi connectivity index (χ0) is 17.9. The van der Waals surface area contributed by atoms with Crippen molar-refractivity contribution < 1.29 is 14.3 Å². The molecule has 0 spiro atoms. The molecule has 26 heavy (non-hydrogen) atoms. The first-order valence-electron chi connectivity index (χ1n) is 8.52. The third kappa shape index (κ3) is 3.07. The van der Waals surface area contributed by atoms with Crippen LogP contribution < -0.4 is 9.64 Å². The van der Waals surface area contributed by atoms with Gasteiger partial charge < -0.3 is 9.47 Å². The van der Waals surface area contributed by atoms with Gasteiger partial charge in [0, 0.05) is 16.9 Å². The third-order valence-electron chi connectivity index (χ3n) is 4.43. The molecule has 1 aliphatic heterocycles. The van der Waals surface area contributed by atoms with Crippen LogP contribution in [0.5, 0.6) is 5.75 Å². The van der Waals surface area contributed by atoms with Crippen LogP contribution in [0.25, 0.3) is 0 Å². The van der Waals surface area contributed by atoms with Crippen molar-refractivity contribution in [3.05, 3.63) is 90.5 Å². The highest BCUT2D eigenvalue weighted by Gasteiger charge is 2.49. The second-order valence-electron chi connectivity index (χ2n) is 6.06. The van der Waals surface area contributed by atoms with E-state index in [2.05, 4.69) is 0 Å². The third-order valence-corrected chi connectivity index (χ3v) is 4.43. The first-order valence-corrected chi connectivity index (χ1v) is 8.52. The molecule has 4 nitrogen and oxygen atoms in total. The number of carbonyl (C=O) groups is 1. The van der Waals surface area contributed by atoms with E-state index in [4.69, 9.17) is 9.47 Å². The molecule has 0 N–H and O–H groups in total. The molecular weight excluding hydrogens is 326 g/mol. The van der Waals surface area contributed by atoms with Gasteiger partial charge >= 0.3 is 0 Å². The van der Waals surface area contributed by atoms with E-state index in [0.717, 1.165) is 22.7 Å². The number of carbonyl (C=O) groups excluding carboxylic acids is 1. The van der Waals surface area contributed by atoms with Crippen LogP contribution in [-0.4, -0.2) is 19.1 Å². The van der Waals surface area contributed by atoms with Crippen LogP contribution in [0.15, 0.2) is 84.9 Å². The summed E-state index contributed by atoms with van der Waals surface area (Å²) in [5, 5.41) is 0. The Kier molecular flexibility index (Phi) is 4.42. The molecule has 1 fully saturated rings. The highest BCUT2D eigenvalue weighted by Crippen LogP contribution is 2.45. The molecule has 1 heterocycles. The topological polar surface area (TPSA) is 42.1 Å². The molecule has 0 bridgehead atoms. The average molecular weight is 345 g/mol. The molecule has 1 amide bonds. The van der Waals surface area contributed by atoms with E-state index < -0.39 is 6.10 Å². The van der Waals surface area contributed by atoms with Gasteiger partial charge in [-0.2, -0.15) is 0 Å². The Morgan fingerprint density at radius 1 is 0.846 bits per heavy atom. The molecule has 0 aliphatic carbocycles. The predicted molar refractivity (Wildman–Crippen MR) is 101 cm³/mol. The second-order valence-corrected chi connectivity index (χ2v) is 6.06. The van der Waals surface area contributed by atoms with Gasteiger partial charge in [0.1, 0.15) is 11.9 Å². The second kappa shape index (κ2) is 7.02. The lowest BCUT2D eigenvalue weighted by atomic mass is 10.1. The summed E-state index contributed by atoms with van der Waals surface area (Å²) in [5.74, 6) is 0.650. The van der Waals surface area contributed by atoms with Crippen LogP contribution in [0.2, 0.25) is 0 Å². The van der Waals surface area contributed by atoms with Crippen molar-refractivity contribution in [3.8, 4) is 5.75 Å². The lowest BCUT2D eigenvalue weighted by molar-refractivity contribution is -0.119. The van der Waals surface area contributed by atoms with Gasteiger partial charge in [-0.3, -0.25) is 9.69 Å². The zero-order valence-electron chi connectivity index (χ0n) is 14.4. The number of nitrogens with zero attached hydrogens (tertiary/aromatic N) is 1. The summed E-state index contributed by atoms with van der Waals surface area (Å²) in [6.07, 6.45) is -0.805. The molecule has 0 aromatic heterocycles. The number of hydrogen-bond acceptors (Lipinski definition) is 3. The van der Waals surface area contributed by atoms with E-state index >= 15 is 0 Å². The summed E-state index contributed by atoms with van der Waals surface area (Å²) in [6, 6.07) is 26.9. The smallest absolute Gasteiger partial charge is 0.263 e. The first-order chi connectivity index (χ1) is 12.8. The van der Waals surface area contributed by atoms with Crippen molar-refractivity contribution >= 4 is 17.3 Å². The molecule has 0 saturated carbocycles. The first kappa shape index (κ1) is 16.4. The molecule has 3 aromatic rings. The zero-order valence-corrected chi connectivity index (χ0v) is 14.4. The number of para-hydroxylation sites is 3. The maximum absolute atomic E-state index is 13.2. The summed E-state index contributed by atoms with van der Waals surface area (Å²) < 4.78 is 11.2. The van der Waals surface area contributed by atoms with E-state index in [0.29, 0.717) is 0 Å². The number of amides is 1. The molecule has 4 heteroatoms. The van der Waals surface area contributed by atoms with Crippen molar-refractivity contribution in [2.45, 2.75) is 12.2 Å². The SMILES string of the molecule is COc1ccccc1[C@H]1O[C@H]1C(=O)N(c1ccccc1)c1ccccc1. The molecule has 1 aliphatic rings. The molecule has 0 radical (unpaired) electrons. The minimum absolute atomic E-state index is 0.0849. The van der Waals surface area contributed by atoms with Gasteiger partial charge in [0.2, 0.25) is 0 Å². The number of anilines is 2. The van der Waals surface area contributed by atoms with Crippen LogP contribution in [0.4, 0.5) is 11.4 Å². The van der Waals surface area contributed by atoms with Gasteiger partial charge in [0.05, 0.1) is 7.11 Å². The number of ether oxygens (including phenoxy) is 2. The van der Waals surface area contributed by atoms with Gasteiger partial charge in [-0.1, -0.05) is 54.6 Å². The Bertz CT molecular complexity index is 856. The van der Waals surface area contributed by atoms with Crippen molar-refractivity contribution in [2.24, 2.45) is 0 Å². The van der Waals surface area contributed by atoms with Crippen LogP contribution in [-0.2, 0) is 9.53 Å². The lowest BCUT2D eigenvalue weighted by Gasteiger charge is -2.22. The number of epoxide rings is 1. The fraction of sp³-hybridized carbons (Fsp3) is 0.136. The Balaban J connectivity index is 1.65. The van der Waals surface area contributed by atoms with Gasteiger partial charge in [-0.25, -0.2) is 0 Å². The normalized spacial score (nSPS) is 18.2. The molecule has 130 valence electrons. The summed E-state index contributed by atoms with van der Waals surface area (Å²) >= 11 is 0. The molecule has 4 rings (SSSR count). The van der Waals surface area contributed by atoms with Gasteiger partial charge in [-0.05, 0) is 30.3 Å². The van der Waals surface area contributed by atoms with Gasteiger partial charge in [0.15, 0.2) is 6.10 Å². The molecule has 0 unspecified atom stereocenters. The van der Waals surface area contributed by atoms with Crippen LogP contribution >= 0.6 is 0 Å². The Morgan fingerprint density at radius 3 is 1.96 bits per heavy atom. The van der Waals surface area contributed by atoms with Crippen LogP contribution in [0.3, 0.4) is 0 Å². The molecule has 2 atom stereocenters. The highest BCUT2D eigenvalue weighted by molar-refractivity contribution is 6.04.